The molecule has 8 aromatic rings. The fourth-order valence-corrected chi connectivity index (χ4v) is 8.71. The molecule has 0 spiro atoms. The Kier molecular flexibility index (Phi) is 15.6. The van der Waals surface area contributed by atoms with Crippen molar-refractivity contribution >= 4 is 58.5 Å². The van der Waals surface area contributed by atoms with Crippen molar-refractivity contribution in [1.29, 1.82) is 0 Å². The molecule has 9 rings (SSSR count). The summed E-state index contributed by atoms with van der Waals surface area (Å²) in [7, 11) is 10.6. The Balaban J connectivity index is 0.000000148. The second kappa shape index (κ2) is 20.6. The molecule has 0 heterocycles. The molecule has 0 aromatic heterocycles. The quantitative estimate of drug-likeness (QED) is 0.119. The summed E-state index contributed by atoms with van der Waals surface area (Å²) < 4.78 is 0. The standard InChI is InChI=1S/C22H19.C21H25.C12H10Si.2ClH.Zr/c1-2-7-16-14-18-10-6-13-21(22(18)15-16)20-12-5-9-17-8-3-4-11-19(17)20;1-20(2,3)16-7-9-18-14(12-16)11-15-13-17(21(4,5)6)8-10-19(15)18;1-3-7-11(8-4-1)13-12-9-5-2-6-10-12;;;/h3-6,8-15H,2,7H2,1H3;7-10,12H,11H2,1-6H3;1-10H;2*1H;/q2*-1;;;;+4/p-2. The monoisotopic (exact) mass is 902 g/mol. The number of fused-ring (bicyclic) bond motifs is 5. The van der Waals surface area contributed by atoms with Gasteiger partial charge in [0.15, 0.2) is 0 Å². The zero-order valence-electron chi connectivity index (χ0n) is 35.5. The number of hydrogen-bond donors (Lipinski definition) is 0. The molecule has 1 aliphatic rings. The van der Waals surface area contributed by atoms with Crippen molar-refractivity contribution in [2.75, 3.05) is 0 Å². The first-order chi connectivity index (χ1) is 28.4. The summed E-state index contributed by atoms with van der Waals surface area (Å²) in [6.07, 6.45) is 3.38. The second-order valence-corrected chi connectivity index (χ2v) is 22.3. The minimum atomic E-state index is -0.826. The number of rotatable bonds is 5. The van der Waals surface area contributed by atoms with Gasteiger partial charge in [0.05, 0.1) is 0 Å². The molecule has 0 fully saturated rings. The first-order valence-electron chi connectivity index (χ1n) is 20.6. The molecule has 0 amide bonds. The van der Waals surface area contributed by atoms with Crippen LogP contribution < -0.4 is 10.4 Å². The average molecular weight is 905 g/mol. The van der Waals surface area contributed by atoms with Gasteiger partial charge in [-0.3, -0.25) is 0 Å². The van der Waals surface area contributed by atoms with Crippen molar-refractivity contribution in [1.82, 2.24) is 0 Å². The minimum Gasteiger partial charge on any atom is -0.0631 e. The van der Waals surface area contributed by atoms with Gasteiger partial charge in [-0.05, 0) is 51.1 Å². The maximum atomic E-state index is 4.93. The molecule has 1 aliphatic carbocycles. The van der Waals surface area contributed by atoms with E-state index < -0.39 is 20.8 Å². The first-order valence-corrected chi connectivity index (χ1v) is 27.9. The molecule has 0 nitrogen and oxygen atoms in total. The zero-order valence-corrected chi connectivity index (χ0v) is 40.4. The topological polar surface area (TPSA) is 0 Å². The number of hydrogen-bond acceptors (Lipinski definition) is 0. The Morgan fingerprint density at radius 3 is 1.80 bits per heavy atom. The van der Waals surface area contributed by atoms with Crippen LogP contribution in [0.3, 0.4) is 0 Å². The summed E-state index contributed by atoms with van der Waals surface area (Å²) >= 11 is -0.826. The van der Waals surface area contributed by atoms with E-state index in [9.17, 15) is 0 Å². The van der Waals surface area contributed by atoms with E-state index in [0.29, 0.717) is 0 Å². The van der Waals surface area contributed by atoms with Crippen LogP contribution in [-0.4, -0.2) is 9.52 Å². The van der Waals surface area contributed by atoms with Gasteiger partial charge in [0.2, 0.25) is 0 Å². The van der Waals surface area contributed by atoms with Gasteiger partial charge >= 0.3 is 37.9 Å². The van der Waals surface area contributed by atoms with E-state index in [-0.39, 0.29) is 10.8 Å². The zero-order chi connectivity index (χ0) is 42.0. The van der Waals surface area contributed by atoms with Crippen molar-refractivity contribution in [3.05, 3.63) is 198 Å². The van der Waals surface area contributed by atoms with Crippen LogP contribution in [0.15, 0.2) is 164 Å². The largest absolute Gasteiger partial charge is 0.121 e. The molecule has 4 heteroatoms. The maximum absolute atomic E-state index is 4.93. The molecule has 8 aromatic carbocycles. The summed E-state index contributed by atoms with van der Waals surface area (Å²) in [5.74, 6) is 0. The van der Waals surface area contributed by atoms with E-state index in [1.165, 1.54) is 88.4 Å². The normalized spacial score (nSPS) is 11.5. The van der Waals surface area contributed by atoms with Crippen molar-refractivity contribution in [3.8, 4) is 22.3 Å². The van der Waals surface area contributed by atoms with Gasteiger partial charge in [0, 0.05) is 0 Å². The SMILES string of the molecule is CC(C)(C)c1[c-]c2c(cc1)-c1ccc(C(C)(C)C)cc1C2.CCCc1cc2c(-c3cccc4ccccc34)cccc2[cH-]1.[Cl][Zr+2][Cl].c1ccc([Si]c2ccccc2)cc1. The van der Waals surface area contributed by atoms with E-state index in [2.05, 4.69) is 218 Å². The van der Waals surface area contributed by atoms with Crippen LogP contribution in [0.25, 0.3) is 43.8 Å². The maximum Gasteiger partial charge on any atom is 0.121 e. The average Bonchev–Trinajstić information content (AvgIpc) is 3.82. The second-order valence-electron chi connectivity index (χ2n) is 17.2. The predicted octanol–water partition coefficient (Wildman–Crippen LogP) is 14.7. The molecule has 296 valence electrons. The predicted molar refractivity (Wildman–Crippen MR) is 257 cm³/mol. The van der Waals surface area contributed by atoms with Crippen LogP contribution in [0.4, 0.5) is 0 Å². The fraction of sp³-hybridized carbons (Fsp3) is 0.218. The van der Waals surface area contributed by atoms with Gasteiger partial charge < -0.3 is 0 Å². The minimum absolute atomic E-state index is 0.167. The Bertz CT molecular complexity index is 2470. The summed E-state index contributed by atoms with van der Waals surface area (Å²) in [6.45, 7) is 15.8. The molecule has 0 bridgehead atoms. The van der Waals surface area contributed by atoms with Crippen LogP contribution in [0, 0.1) is 6.07 Å². The van der Waals surface area contributed by atoms with Crippen LogP contribution in [-0.2, 0) is 44.5 Å². The van der Waals surface area contributed by atoms with E-state index in [4.69, 9.17) is 17.0 Å². The number of halogens is 2. The Morgan fingerprint density at radius 1 is 0.593 bits per heavy atom. The molecule has 0 atom stereocenters. The van der Waals surface area contributed by atoms with E-state index in [0.717, 1.165) is 22.4 Å². The molecule has 0 unspecified atom stereocenters. The Labute approximate surface area is 374 Å². The summed E-state index contributed by atoms with van der Waals surface area (Å²) in [6, 6.07) is 62.9. The van der Waals surface area contributed by atoms with E-state index in [1.807, 2.05) is 0 Å². The van der Waals surface area contributed by atoms with Crippen LogP contribution in [0.1, 0.15) is 82.7 Å². The van der Waals surface area contributed by atoms with Gasteiger partial charge in [-0.15, -0.1) is 45.7 Å². The molecule has 59 heavy (non-hydrogen) atoms. The molecule has 2 radical (unpaired) electrons. The Morgan fingerprint density at radius 2 is 1.17 bits per heavy atom. The molecular weight excluding hydrogens is 851 g/mol. The fourth-order valence-electron chi connectivity index (χ4n) is 7.66. The Hall–Kier alpha value is -3.91. The van der Waals surface area contributed by atoms with Crippen LogP contribution in [0.5, 0.6) is 0 Å². The molecular formula is C55H54Cl2SiZr. The third-order valence-electron chi connectivity index (χ3n) is 10.7. The summed E-state index contributed by atoms with van der Waals surface area (Å²) in [5.41, 5.74) is 12.8. The smallest absolute Gasteiger partial charge is 0.0631 e. The number of aryl methyl sites for hydroxylation is 1. The third-order valence-corrected chi connectivity index (χ3v) is 12.0. The van der Waals surface area contributed by atoms with E-state index in [1.54, 1.807) is 0 Å². The van der Waals surface area contributed by atoms with Crippen molar-refractivity contribution in [2.24, 2.45) is 0 Å². The van der Waals surface area contributed by atoms with Gasteiger partial charge in [0.1, 0.15) is 9.52 Å². The van der Waals surface area contributed by atoms with Gasteiger partial charge in [0.25, 0.3) is 0 Å². The van der Waals surface area contributed by atoms with Crippen LogP contribution >= 0.6 is 17.0 Å². The third kappa shape index (κ3) is 11.7. The van der Waals surface area contributed by atoms with Gasteiger partial charge in [-0.1, -0.05) is 204 Å². The first kappa shape index (κ1) is 44.6. The van der Waals surface area contributed by atoms with Gasteiger partial charge in [-0.25, -0.2) is 0 Å². The van der Waals surface area contributed by atoms with E-state index >= 15 is 0 Å². The summed E-state index contributed by atoms with van der Waals surface area (Å²) in [4.78, 5) is 0. The van der Waals surface area contributed by atoms with Crippen molar-refractivity contribution in [2.45, 2.75) is 78.6 Å². The summed E-state index contributed by atoms with van der Waals surface area (Å²) in [5, 5.41) is 8.16. The molecule has 0 N–H and O–H groups in total. The molecule has 0 saturated heterocycles. The van der Waals surface area contributed by atoms with Crippen molar-refractivity contribution < 1.29 is 20.8 Å². The molecule has 0 saturated carbocycles. The van der Waals surface area contributed by atoms with Crippen LogP contribution in [0.2, 0.25) is 0 Å². The van der Waals surface area contributed by atoms with Gasteiger partial charge in [-0.2, -0.15) is 29.8 Å². The molecule has 0 aliphatic heterocycles. The van der Waals surface area contributed by atoms with Crippen molar-refractivity contribution in [3.63, 3.8) is 0 Å². The number of benzene rings is 7.